The highest BCUT2D eigenvalue weighted by Crippen LogP contribution is 2.81. The second kappa shape index (κ2) is 1.21. The fourth-order valence-corrected chi connectivity index (χ4v) is 6.24. The molecule has 0 aliphatic heterocycles. The van der Waals surface area contributed by atoms with Gasteiger partial charge in [-0.05, 0) is 48.3 Å². The Labute approximate surface area is 71.5 Å². The van der Waals surface area contributed by atoms with Gasteiger partial charge in [0.2, 0.25) is 0 Å². The van der Waals surface area contributed by atoms with Gasteiger partial charge < -0.3 is 0 Å². The molecule has 1 heteroatoms. The number of carbonyl (C=O) groups excluding carboxylic acids is 1. The van der Waals surface area contributed by atoms with Crippen LogP contribution in [0.2, 0.25) is 0 Å². The van der Waals surface area contributed by atoms with Crippen LogP contribution in [0.1, 0.15) is 12.8 Å². The lowest BCUT2D eigenvalue weighted by molar-refractivity contribution is -0.122. The first-order chi connectivity index (χ1) is 5.88. The van der Waals surface area contributed by atoms with Gasteiger partial charge in [0.25, 0.3) is 0 Å². The van der Waals surface area contributed by atoms with Crippen LogP contribution in [0, 0.1) is 47.3 Å². The van der Waals surface area contributed by atoms with Gasteiger partial charge in [-0.1, -0.05) is 0 Å². The average molecular weight is 160 g/mol. The van der Waals surface area contributed by atoms with Crippen molar-refractivity contribution in [3.63, 3.8) is 0 Å². The number of hydrogen-bond donors (Lipinski definition) is 0. The number of Topliss-reactive ketones (excluding diaryl/α,β-unsaturated/α-hetero) is 1. The van der Waals surface area contributed by atoms with Crippen molar-refractivity contribution in [2.24, 2.45) is 47.3 Å². The van der Waals surface area contributed by atoms with Crippen molar-refractivity contribution in [2.75, 3.05) is 0 Å². The Morgan fingerprint density at radius 1 is 0.833 bits per heavy atom. The van der Waals surface area contributed by atoms with Gasteiger partial charge in [0.15, 0.2) is 0 Å². The van der Waals surface area contributed by atoms with E-state index in [-0.39, 0.29) is 0 Å². The third-order valence-corrected chi connectivity index (χ3v) is 6.03. The molecule has 0 aromatic heterocycles. The molecule has 0 amide bonds. The Kier molecular flexibility index (Phi) is 0.547. The van der Waals surface area contributed by atoms with E-state index in [1.54, 1.807) is 0 Å². The van der Waals surface area contributed by atoms with Crippen LogP contribution < -0.4 is 0 Å². The van der Waals surface area contributed by atoms with Crippen LogP contribution >= 0.6 is 0 Å². The molecule has 6 aliphatic rings. The van der Waals surface area contributed by atoms with Crippen molar-refractivity contribution in [2.45, 2.75) is 12.8 Å². The lowest BCUT2D eigenvalue weighted by atomic mass is 9.71. The molecule has 0 radical (unpaired) electrons. The van der Waals surface area contributed by atoms with Crippen LogP contribution in [-0.2, 0) is 4.79 Å². The zero-order chi connectivity index (χ0) is 7.61. The molecule has 0 aromatic carbocycles. The van der Waals surface area contributed by atoms with Crippen molar-refractivity contribution in [1.29, 1.82) is 0 Å². The zero-order valence-electron chi connectivity index (χ0n) is 6.94. The van der Waals surface area contributed by atoms with Crippen molar-refractivity contribution < 1.29 is 4.79 Å². The summed E-state index contributed by atoms with van der Waals surface area (Å²) in [6.07, 6.45) is 2.90. The van der Waals surface area contributed by atoms with E-state index in [1.807, 2.05) is 0 Å². The number of rotatable bonds is 0. The molecule has 0 N–H and O–H groups in total. The summed E-state index contributed by atoms with van der Waals surface area (Å²) in [5.41, 5.74) is 0. The fraction of sp³-hybridized carbons (Fsp3) is 0.909. The second-order valence-corrected chi connectivity index (χ2v) is 5.74. The first kappa shape index (κ1) is 5.41. The minimum atomic E-state index is 0.591. The molecule has 6 bridgehead atoms. The van der Waals surface area contributed by atoms with Gasteiger partial charge in [0.05, 0.1) is 0 Å². The van der Waals surface area contributed by atoms with Crippen LogP contribution in [0.4, 0.5) is 0 Å². The Morgan fingerprint density at radius 2 is 1.33 bits per heavy atom. The summed E-state index contributed by atoms with van der Waals surface area (Å²) in [5.74, 6) is 7.54. The summed E-state index contributed by atoms with van der Waals surface area (Å²) in [6, 6.07) is 0. The van der Waals surface area contributed by atoms with E-state index >= 15 is 0 Å². The van der Waals surface area contributed by atoms with Gasteiger partial charge in [-0.2, -0.15) is 0 Å². The summed E-state index contributed by atoms with van der Waals surface area (Å²) in [7, 11) is 0. The summed E-state index contributed by atoms with van der Waals surface area (Å²) < 4.78 is 0. The quantitative estimate of drug-likeness (QED) is 0.522. The molecular weight excluding hydrogens is 148 g/mol. The molecule has 1 nitrogen and oxygen atoms in total. The SMILES string of the molecule is O=C1[C@@H]2[C@@H]3C[C@@H]4[C@H]5C[C@@H]([C@@H]1[C@H]53)[C@@H]42. The van der Waals surface area contributed by atoms with E-state index in [1.165, 1.54) is 12.8 Å². The lowest BCUT2D eigenvalue weighted by Gasteiger charge is -2.32. The molecule has 0 unspecified atom stereocenters. The monoisotopic (exact) mass is 160 g/mol. The highest BCUT2D eigenvalue weighted by atomic mass is 16.1. The fourth-order valence-electron chi connectivity index (χ4n) is 6.24. The van der Waals surface area contributed by atoms with Gasteiger partial charge in [0, 0.05) is 11.8 Å². The maximum Gasteiger partial charge on any atom is 0.140 e. The van der Waals surface area contributed by atoms with Crippen LogP contribution in [0.3, 0.4) is 0 Å². The molecule has 6 fully saturated rings. The van der Waals surface area contributed by atoms with Crippen molar-refractivity contribution in [3.8, 4) is 0 Å². The molecule has 6 saturated carbocycles. The Hall–Kier alpha value is -0.330. The van der Waals surface area contributed by atoms with E-state index in [0.29, 0.717) is 17.6 Å². The maximum atomic E-state index is 11.9. The molecule has 0 saturated heterocycles. The number of carbonyl (C=O) groups is 1. The predicted molar refractivity (Wildman–Crippen MR) is 42.2 cm³/mol. The number of ketones is 1. The normalized spacial score (nSPS) is 79.2. The molecule has 6 rings (SSSR count). The summed E-state index contributed by atoms with van der Waals surface area (Å²) >= 11 is 0. The molecule has 12 heavy (non-hydrogen) atoms. The molecule has 0 heterocycles. The minimum Gasteiger partial charge on any atom is -0.299 e. The molecule has 0 aromatic rings. The molecule has 62 valence electrons. The van der Waals surface area contributed by atoms with Gasteiger partial charge in [-0.25, -0.2) is 0 Å². The van der Waals surface area contributed by atoms with E-state index in [9.17, 15) is 4.79 Å². The second-order valence-electron chi connectivity index (χ2n) is 5.74. The van der Waals surface area contributed by atoms with Gasteiger partial charge >= 0.3 is 0 Å². The van der Waals surface area contributed by atoms with Crippen LogP contribution in [-0.4, -0.2) is 5.78 Å². The van der Waals surface area contributed by atoms with Crippen LogP contribution in [0.15, 0.2) is 0 Å². The Morgan fingerprint density at radius 3 is 1.83 bits per heavy atom. The van der Waals surface area contributed by atoms with Crippen molar-refractivity contribution in [3.05, 3.63) is 0 Å². The van der Waals surface area contributed by atoms with Crippen LogP contribution in [0.25, 0.3) is 0 Å². The van der Waals surface area contributed by atoms with Gasteiger partial charge in [-0.3, -0.25) is 4.79 Å². The first-order valence-electron chi connectivity index (χ1n) is 5.41. The summed E-state index contributed by atoms with van der Waals surface area (Å²) in [4.78, 5) is 11.9. The third-order valence-electron chi connectivity index (χ3n) is 6.03. The maximum absolute atomic E-state index is 11.9. The van der Waals surface area contributed by atoms with Crippen LogP contribution in [0.5, 0.6) is 0 Å². The molecular formula is C11H12O. The standard InChI is InChI=1S/C11H12O/c12-11-9-5-1-3-4-2-6(7(3)9)10(11)8(4)5/h3-10H,1-2H2/t3-,4-,5-,6-,7-,8-,9-,10-/m1/s1. The smallest absolute Gasteiger partial charge is 0.140 e. The highest BCUT2D eigenvalue weighted by Gasteiger charge is 2.80. The first-order valence-corrected chi connectivity index (χ1v) is 5.41. The van der Waals surface area contributed by atoms with Crippen molar-refractivity contribution in [1.82, 2.24) is 0 Å². The van der Waals surface area contributed by atoms with Gasteiger partial charge in [-0.15, -0.1) is 0 Å². The van der Waals surface area contributed by atoms with E-state index in [2.05, 4.69) is 0 Å². The molecule has 0 spiro atoms. The molecule has 8 atom stereocenters. The van der Waals surface area contributed by atoms with E-state index < -0.39 is 0 Å². The zero-order valence-corrected chi connectivity index (χ0v) is 6.94. The Balaban J connectivity index is 1.94. The largest absolute Gasteiger partial charge is 0.299 e. The summed E-state index contributed by atoms with van der Waals surface area (Å²) in [5, 5.41) is 0. The van der Waals surface area contributed by atoms with Crippen molar-refractivity contribution >= 4 is 5.78 Å². The van der Waals surface area contributed by atoms with E-state index in [0.717, 1.165) is 35.5 Å². The topological polar surface area (TPSA) is 17.1 Å². The Bertz CT molecular complexity index is 291. The highest BCUT2D eigenvalue weighted by molar-refractivity contribution is 5.91. The van der Waals surface area contributed by atoms with Gasteiger partial charge in [0.1, 0.15) is 5.78 Å². The average Bonchev–Trinajstić information content (AvgIpc) is 2.68. The third kappa shape index (κ3) is 0.272. The molecule has 6 aliphatic carbocycles. The lowest BCUT2D eigenvalue weighted by Crippen LogP contribution is -2.30. The predicted octanol–water partition coefficient (Wildman–Crippen LogP) is 1.33. The summed E-state index contributed by atoms with van der Waals surface area (Å²) in [6.45, 7) is 0. The minimum absolute atomic E-state index is 0.591. The number of hydrogen-bond acceptors (Lipinski definition) is 1. The van der Waals surface area contributed by atoms with E-state index in [4.69, 9.17) is 0 Å².